The Morgan fingerprint density at radius 3 is 3.00 bits per heavy atom. The normalized spacial score (nSPS) is 15.9. The molecule has 2 N–H and O–H groups in total. The molecule has 1 aliphatic carbocycles. The average Bonchev–Trinajstić information content (AvgIpc) is 3.04. The predicted octanol–water partition coefficient (Wildman–Crippen LogP) is 1.34. The van der Waals surface area contributed by atoms with Gasteiger partial charge in [-0.1, -0.05) is 13.3 Å². The Morgan fingerprint density at radius 1 is 1.41 bits per heavy atom. The summed E-state index contributed by atoms with van der Waals surface area (Å²) in [6, 6.07) is 0. The van der Waals surface area contributed by atoms with Crippen molar-refractivity contribution in [2.75, 3.05) is 6.54 Å². The molecule has 0 fully saturated rings. The molecule has 1 atom stereocenters. The Labute approximate surface area is 129 Å². The van der Waals surface area contributed by atoms with Crippen molar-refractivity contribution in [3.8, 4) is 0 Å². The minimum atomic E-state index is -0.103. The summed E-state index contributed by atoms with van der Waals surface area (Å²) in [4.78, 5) is 12.4. The quantitative estimate of drug-likeness (QED) is 0.834. The van der Waals surface area contributed by atoms with E-state index in [-0.39, 0.29) is 11.8 Å². The van der Waals surface area contributed by atoms with Gasteiger partial charge in [0.05, 0.1) is 0 Å². The van der Waals surface area contributed by atoms with Crippen molar-refractivity contribution in [3.63, 3.8) is 0 Å². The van der Waals surface area contributed by atoms with Crippen molar-refractivity contribution in [1.29, 1.82) is 0 Å². The van der Waals surface area contributed by atoms with Gasteiger partial charge in [0, 0.05) is 30.8 Å². The standard InChI is InChI=1S/C15H22N6O/c1-10(14-20-17-9-21(14)2)8-16-15(22)13-11-6-4-3-5-7-12(11)18-19-13/h9-10H,3-8H2,1-2H3,(H,16,22)(H,18,19). The molecule has 1 aliphatic rings. The van der Waals surface area contributed by atoms with Crippen LogP contribution in [-0.4, -0.2) is 37.4 Å². The third kappa shape index (κ3) is 2.88. The molecule has 0 bridgehead atoms. The maximum atomic E-state index is 12.4. The first kappa shape index (κ1) is 14.7. The molecule has 0 spiro atoms. The summed E-state index contributed by atoms with van der Waals surface area (Å²) in [5, 5.41) is 18.2. The van der Waals surface area contributed by atoms with Crippen molar-refractivity contribution in [3.05, 3.63) is 29.1 Å². The fraction of sp³-hybridized carbons (Fsp3) is 0.600. The van der Waals surface area contributed by atoms with Crippen LogP contribution in [0.1, 0.15) is 59.7 Å². The summed E-state index contributed by atoms with van der Waals surface area (Å²) in [5.41, 5.74) is 2.78. The highest BCUT2D eigenvalue weighted by Crippen LogP contribution is 2.21. The zero-order valence-electron chi connectivity index (χ0n) is 13.1. The Bertz CT molecular complexity index is 659. The Balaban J connectivity index is 1.65. The number of aryl methyl sites for hydroxylation is 2. The Hall–Kier alpha value is -2.18. The number of nitrogens with zero attached hydrogens (tertiary/aromatic N) is 4. The number of fused-ring (bicyclic) bond motifs is 1. The number of H-pyrrole nitrogens is 1. The summed E-state index contributed by atoms with van der Waals surface area (Å²) >= 11 is 0. The van der Waals surface area contributed by atoms with E-state index < -0.39 is 0 Å². The molecule has 22 heavy (non-hydrogen) atoms. The lowest BCUT2D eigenvalue weighted by atomic mass is 10.1. The van der Waals surface area contributed by atoms with E-state index in [4.69, 9.17) is 0 Å². The van der Waals surface area contributed by atoms with Gasteiger partial charge < -0.3 is 9.88 Å². The van der Waals surface area contributed by atoms with Crippen LogP contribution in [0.3, 0.4) is 0 Å². The number of hydrogen-bond donors (Lipinski definition) is 2. The molecule has 2 heterocycles. The fourth-order valence-electron chi connectivity index (χ4n) is 3.00. The van der Waals surface area contributed by atoms with E-state index in [9.17, 15) is 4.79 Å². The van der Waals surface area contributed by atoms with Gasteiger partial charge in [0.1, 0.15) is 12.2 Å². The molecule has 7 heteroatoms. The van der Waals surface area contributed by atoms with Gasteiger partial charge in [-0.15, -0.1) is 10.2 Å². The molecule has 0 saturated carbocycles. The monoisotopic (exact) mass is 302 g/mol. The minimum absolute atomic E-state index is 0.103. The molecule has 1 amide bonds. The van der Waals surface area contributed by atoms with E-state index in [1.165, 1.54) is 12.8 Å². The molecule has 7 nitrogen and oxygen atoms in total. The first-order valence-corrected chi connectivity index (χ1v) is 7.85. The van der Waals surface area contributed by atoms with Gasteiger partial charge in [-0.2, -0.15) is 5.10 Å². The van der Waals surface area contributed by atoms with Crippen molar-refractivity contribution in [1.82, 2.24) is 30.3 Å². The largest absolute Gasteiger partial charge is 0.350 e. The van der Waals surface area contributed by atoms with E-state index >= 15 is 0 Å². The van der Waals surface area contributed by atoms with Crippen LogP contribution in [0.2, 0.25) is 0 Å². The predicted molar refractivity (Wildman–Crippen MR) is 81.6 cm³/mol. The zero-order chi connectivity index (χ0) is 15.5. The average molecular weight is 302 g/mol. The molecule has 0 saturated heterocycles. The van der Waals surface area contributed by atoms with Crippen LogP contribution < -0.4 is 5.32 Å². The van der Waals surface area contributed by atoms with Crippen LogP contribution >= 0.6 is 0 Å². The van der Waals surface area contributed by atoms with E-state index in [0.717, 1.165) is 36.3 Å². The molecule has 0 radical (unpaired) electrons. The topological polar surface area (TPSA) is 88.5 Å². The maximum absolute atomic E-state index is 12.4. The van der Waals surface area contributed by atoms with E-state index in [1.54, 1.807) is 6.33 Å². The van der Waals surface area contributed by atoms with Crippen LogP contribution in [0.15, 0.2) is 6.33 Å². The highest BCUT2D eigenvalue weighted by molar-refractivity contribution is 5.94. The highest BCUT2D eigenvalue weighted by atomic mass is 16.1. The van der Waals surface area contributed by atoms with E-state index in [2.05, 4.69) is 25.7 Å². The second kappa shape index (κ2) is 6.29. The fourth-order valence-corrected chi connectivity index (χ4v) is 3.00. The molecule has 2 aromatic heterocycles. The minimum Gasteiger partial charge on any atom is -0.350 e. The SMILES string of the molecule is CC(CNC(=O)c1n[nH]c2c1CCCCC2)c1nncn1C. The number of aromatic amines is 1. The van der Waals surface area contributed by atoms with Crippen LogP contribution in [-0.2, 0) is 19.9 Å². The van der Waals surface area contributed by atoms with Crippen molar-refractivity contribution in [2.24, 2.45) is 7.05 Å². The smallest absolute Gasteiger partial charge is 0.272 e. The number of hydrogen-bond acceptors (Lipinski definition) is 4. The molecular formula is C15H22N6O. The third-order valence-electron chi connectivity index (χ3n) is 4.28. The second-order valence-corrected chi connectivity index (χ2v) is 6.00. The van der Waals surface area contributed by atoms with Crippen molar-refractivity contribution < 1.29 is 4.79 Å². The summed E-state index contributed by atoms with van der Waals surface area (Å²) in [5.74, 6) is 0.864. The lowest BCUT2D eigenvalue weighted by Crippen LogP contribution is -2.29. The summed E-state index contributed by atoms with van der Waals surface area (Å²) in [7, 11) is 1.90. The maximum Gasteiger partial charge on any atom is 0.272 e. The van der Waals surface area contributed by atoms with Gasteiger partial charge in [0.25, 0.3) is 5.91 Å². The van der Waals surface area contributed by atoms with Crippen LogP contribution in [0.25, 0.3) is 0 Å². The molecule has 118 valence electrons. The van der Waals surface area contributed by atoms with Gasteiger partial charge in [0.2, 0.25) is 0 Å². The number of carbonyl (C=O) groups is 1. The lowest BCUT2D eigenvalue weighted by molar-refractivity contribution is 0.0945. The van der Waals surface area contributed by atoms with Crippen molar-refractivity contribution >= 4 is 5.91 Å². The van der Waals surface area contributed by atoms with Gasteiger partial charge in [0.15, 0.2) is 5.69 Å². The summed E-state index contributed by atoms with van der Waals surface area (Å²) in [6.07, 6.45) is 7.11. The van der Waals surface area contributed by atoms with Gasteiger partial charge >= 0.3 is 0 Å². The van der Waals surface area contributed by atoms with Gasteiger partial charge in [-0.05, 0) is 25.7 Å². The molecular weight excluding hydrogens is 280 g/mol. The van der Waals surface area contributed by atoms with Crippen molar-refractivity contribution in [2.45, 2.75) is 44.9 Å². The summed E-state index contributed by atoms with van der Waals surface area (Å²) in [6.45, 7) is 2.54. The molecule has 3 rings (SSSR count). The van der Waals surface area contributed by atoms with Crippen LogP contribution in [0.4, 0.5) is 0 Å². The number of nitrogens with one attached hydrogen (secondary N) is 2. The lowest BCUT2D eigenvalue weighted by Gasteiger charge is -2.11. The first-order valence-electron chi connectivity index (χ1n) is 7.85. The van der Waals surface area contributed by atoms with E-state index in [0.29, 0.717) is 12.2 Å². The molecule has 0 aromatic carbocycles. The third-order valence-corrected chi connectivity index (χ3v) is 4.28. The second-order valence-electron chi connectivity index (χ2n) is 6.00. The van der Waals surface area contributed by atoms with Gasteiger partial charge in [-0.25, -0.2) is 0 Å². The number of aromatic nitrogens is 5. The molecule has 0 aliphatic heterocycles. The first-order chi connectivity index (χ1) is 10.7. The number of rotatable bonds is 4. The molecule has 2 aromatic rings. The number of amides is 1. The summed E-state index contributed by atoms with van der Waals surface area (Å²) < 4.78 is 1.87. The number of carbonyl (C=O) groups excluding carboxylic acids is 1. The zero-order valence-corrected chi connectivity index (χ0v) is 13.1. The van der Waals surface area contributed by atoms with Crippen LogP contribution in [0, 0.1) is 0 Å². The Kier molecular flexibility index (Phi) is 4.22. The molecule has 1 unspecified atom stereocenters. The van der Waals surface area contributed by atoms with E-state index in [1.807, 2.05) is 18.5 Å². The highest BCUT2D eigenvalue weighted by Gasteiger charge is 2.21. The van der Waals surface area contributed by atoms with Crippen LogP contribution in [0.5, 0.6) is 0 Å². The Morgan fingerprint density at radius 2 is 2.23 bits per heavy atom. The van der Waals surface area contributed by atoms with Gasteiger partial charge in [-0.3, -0.25) is 9.89 Å².